The molecule has 0 aromatic heterocycles. The van der Waals surface area contributed by atoms with Crippen LogP contribution in [0.15, 0.2) is 60.7 Å². The summed E-state index contributed by atoms with van der Waals surface area (Å²) in [5, 5.41) is 0. The highest BCUT2D eigenvalue weighted by molar-refractivity contribution is 5.86. The Balaban J connectivity index is 1.39. The zero-order valence-electron chi connectivity index (χ0n) is 12.6. The van der Waals surface area contributed by atoms with Crippen LogP contribution < -0.4 is 15.6 Å². The number of ether oxygens (including phenoxy) is 1. The number of nitrogens with one attached hydrogen (secondary N) is 2. The Morgan fingerprint density at radius 3 is 2.30 bits per heavy atom. The van der Waals surface area contributed by atoms with Gasteiger partial charge in [-0.2, -0.15) is 0 Å². The molecular formula is C18H18N2O3. The van der Waals surface area contributed by atoms with E-state index in [2.05, 4.69) is 10.9 Å². The number of para-hydroxylation sites is 1. The van der Waals surface area contributed by atoms with Gasteiger partial charge in [0.15, 0.2) is 6.61 Å². The summed E-state index contributed by atoms with van der Waals surface area (Å²) in [6, 6.07) is 19.0. The predicted molar refractivity (Wildman–Crippen MR) is 85.5 cm³/mol. The van der Waals surface area contributed by atoms with Gasteiger partial charge in [0.1, 0.15) is 5.75 Å². The topological polar surface area (TPSA) is 67.4 Å². The molecule has 0 radical (unpaired) electrons. The van der Waals surface area contributed by atoms with Gasteiger partial charge in [-0.25, -0.2) is 0 Å². The number of hydrazine groups is 1. The maximum Gasteiger partial charge on any atom is 0.276 e. The lowest BCUT2D eigenvalue weighted by atomic mass is 10.1. The van der Waals surface area contributed by atoms with Crippen LogP contribution in [0.25, 0.3) is 0 Å². The van der Waals surface area contributed by atoms with E-state index in [0.29, 0.717) is 5.75 Å². The molecule has 0 saturated heterocycles. The molecule has 1 aliphatic carbocycles. The van der Waals surface area contributed by atoms with Gasteiger partial charge in [0.05, 0.1) is 0 Å². The second-order valence-corrected chi connectivity index (χ2v) is 5.50. The molecule has 3 rings (SSSR count). The molecule has 2 N–H and O–H groups in total. The summed E-state index contributed by atoms with van der Waals surface area (Å²) in [6.45, 7) is -0.142. The summed E-state index contributed by atoms with van der Waals surface area (Å²) in [7, 11) is 0. The van der Waals surface area contributed by atoms with E-state index in [-0.39, 0.29) is 30.3 Å². The largest absolute Gasteiger partial charge is 0.484 e. The lowest BCUT2D eigenvalue weighted by molar-refractivity contribution is -0.130. The molecule has 1 fully saturated rings. The minimum Gasteiger partial charge on any atom is -0.484 e. The van der Waals surface area contributed by atoms with Crippen LogP contribution >= 0.6 is 0 Å². The minimum atomic E-state index is -0.390. The van der Waals surface area contributed by atoms with Gasteiger partial charge in [-0.3, -0.25) is 20.4 Å². The van der Waals surface area contributed by atoms with E-state index < -0.39 is 0 Å². The number of hydrogen-bond acceptors (Lipinski definition) is 3. The van der Waals surface area contributed by atoms with Crippen LogP contribution in [0, 0.1) is 5.92 Å². The Hall–Kier alpha value is -2.82. The SMILES string of the molecule is O=C(COc1ccccc1)NNC(=O)[C@H]1C[C@H]1c1ccccc1. The van der Waals surface area contributed by atoms with Crippen LogP contribution in [-0.4, -0.2) is 18.4 Å². The number of hydrogen-bond donors (Lipinski definition) is 2. The monoisotopic (exact) mass is 310 g/mol. The van der Waals surface area contributed by atoms with Crippen LogP contribution in [0.5, 0.6) is 5.75 Å². The highest BCUT2D eigenvalue weighted by Crippen LogP contribution is 2.47. The molecule has 0 aliphatic heterocycles. The van der Waals surface area contributed by atoms with Crippen LogP contribution in [-0.2, 0) is 9.59 Å². The van der Waals surface area contributed by atoms with Gasteiger partial charge in [-0.05, 0) is 30.0 Å². The summed E-state index contributed by atoms with van der Waals surface area (Å²) in [5.74, 6) is 0.229. The molecule has 2 amide bonds. The minimum absolute atomic E-state index is 0.0762. The molecule has 0 bridgehead atoms. The predicted octanol–water partition coefficient (Wildman–Crippen LogP) is 2.02. The first kappa shape index (κ1) is 15.1. The fraction of sp³-hybridized carbons (Fsp3) is 0.222. The van der Waals surface area contributed by atoms with Gasteiger partial charge in [-0.15, -0.1) is 0 Å². The van der Waals surface area contributed by atoms with Crippen LogP contribution in [0.1, 0.15) is 17.9 Å². The number of carbonyl (C=O) groups excluding carboxylic acids is 2. The molecule has 23 heavy (non-hydrogen) atoms. The van der Waals surface area contributed by atoms with Gasteiger partial charge in [-0.1, -0.05) is 48.5 Å². The molecular weight excluding hydrogens is 292 g/mol. The summed E-state index contributed by atoms with van der Waals surface area (Å²) in [4.78, 5) is 23.7. The van der Waals surface area contributed by atoms with E-state index in [1.54, 1.807) is 12.1 Å². The van der Waals surface area contributed by atoms with Gasteiger partial charge in [0.2, 0.25) is 5.91 Å². The average molecular weight is 310 g/mol. The van der Waals surface area contributed by atoms with Gasteiger partial charge in [0, 0.05) is 5.92 Å². The third-order valence-electron chi connectivity index (χ3n) is 3.79. The van der Waals surface area contributed by atoms with Crippen molar-refractivity contribution < 1.29 is 14.3 Å². The lowest BCUT2D eigenvalue weighted by Crippen LogP contribution is -2.44. The summed E-state index contributed by atoms with van der Waals surface area (Å²) >= 11 is 0. The molecule has 2 atom stereocenters. The average Bonchev–Trinajstić information content (AvgIpc) is 3.40. The second-order valence-electron chi connectivity index (χ2n) is 5.50. The smallest absolute Gasteiger partial charge is 0.276 e. The van der Waals surface area contributed by atoms with E-state index in [1.807, 2.05) is 48.5 Å². The van der Waals surface area contributed by atoms with Crippen molar-refractivity contribution in [2.75, 3.05) is 6.61 Å². The fourth-order valence-electron chi connectivity index (χ4n) is 2.48. The van der Waals surface area contributed by atoms with Crippen LogP contribution in [0.2, 0.25) is 0 Å². The van der Waals surface area contributed by atoms with Crippen molar-refractivity contribution in [1.29, 1.82) is 0 Å². The fourth-order valence-corrected chi connectivity index (χ4v) is 2.48. The first-order valence-electron chi connectivity index (χ1n) is 7.55. The van der Waals surface area contributed by atoms with Crippen molar-refractivity contribution in [2.24, 2.45) is 5.92 Å². The molecule has 0 heterocycles. The first-order chi connectivity index (χ1) is 11.2. The van der Waals surface area contributed by atoms with Crippen LogP contribution in [0.3, 0.4) is 0 Å². The summed E-state index contributed by atoms with van der Waals surface area (Å²) < 4.78 is 5.30. The maximum atomic E-state index is 12.0. The number of rotatable bonds is 5. The van der Waals surface area contributed by atoms with Crippen molar-refractivity contribution in [3.8, 4) is 5.75 Å². The Labute approximate surface area is 134 Å². The van der Waals surface area contributed by atoms with Crippen molar-refractivity contribution in [3.63, 3.8) is 0 Å². The molecule has 2 aromatic rings. The standard InChI is InChI=1S/C18H18N2O3/c21-17(12-23-14-9-5-2-6-10-14)19-20-18(22)16-11-15(16)13-7-3-1-4-8-13/h1-10,15-16H,11-12H2,(H,19,21)(H,20,22)/t15-,16-/m0/s1. The Kier molecular flexibility index (Phi) is 4.57. The highest BCUT2D eigenvalue weighted by Gasteiger charge is 2.43. The third-order valence-corrected chi connectivity index (χ3v) is 3.79. The molecule has 1 saturated carbocycles. The molecule has 2 aromatic carbocycles. The van der Waals surface area contributed by atoms with E-state index in [0.717, 1.165) is 12.0 Å². The molecule has 0 spiro atoms. The molecule has 5 heteroatoms. The molecule has 118 valence electrons. The lowest BCUT2D eigenvalue weighted by Gasteiger charge is -2.08. The maximum absolute atomic E-state index is 12.0. The second kappa shape index (κ2) is 6.96. The van der Waals surface area contributed by atoms with Gasteiger partial charge >= 0.3 is 0 Å². The highest BCUT2D eigenvalue weighted by atomic mass is 16.5. The Morgan fingerprint density at radius 2 is 1.61 bits per heavy atom. The Morgan fingerprint density at radius 1 is 0.957 bits per heavy atom. The van der Waals surface area contributed by atoms with Crippen molar-refractivity contribution in [1.82, 2.24) is 10.9 Å². The third kappa shape index (κ3) is 4.10. The number of carbonyl (C=O) groups is 2. The molecule has 5 nitrogen and oxygen atoms in total. The number of amides is 2. The molecule has 1 aliphatic rings. The summed E-state index contributed by atoms with van der Waals surface area (Å²) in [5.41, 5.74) is 6.00. The van der Waals surface area contributed by atoms with Gasteiger partial charge < -0.3 is 4.74 Å². The zero-order valence-corrected chi connectivity index (χ0v) is 12.6. The van der Waals surface area contributed by atoms with Crippen molar-refractivity contribution in [3.05, 3.63) is 66.2 Å². The van der Waals surface area contributed by atoms with E-state index in [4.69, 9.17) is 4.74 Å². The Bertz CT molecular complexity index is 673. The first-order valence-corrected chi connectivity index (χ1v) is 7.55. The molecule has 0 unspecified atom stereocenters. The number of benzene rings is 2. The van der Waals surface area contributed by atoms with Crippen molar-refractivity contribution in [2.45, 2.75) is 12.3 Å². The van der Waals surface area contributed by atoms with Crippen LogP contribution in [0.4, 0.5) is 0 Å². The quantitative estimate of drug-likeness (QED) is 0.830. The van der Waals surface area contributed by atoms with Gasteiger partial charge in [0.25, 0.3) is 5.91 Å². The van der Waals surface area contributed by atoms with E-state index >= 15 is 0 Å². The normalized spacial score (nSPS) is 18.8. The van der Waals surface area contributed by atoms with E-state index in [9.17, 15) is 9.59 Å². The van der Waals surface area contributed by atoms with E-state index in [1.165, 1.54) is 0 Å². The summed E-state index contributed by atoms with van der Waals surface area (Å²) in [6.07, 6.45) is 0.812. The zero-order chi connectivity index (χ0) is 16.1. The van der Waals surface area contributed by atoms with Crippen molar-refractivity contribution >= 4 is 11.8 Å².